The van der Waals surface area contributed by atoms with Gasteiger partial charge in [-0.25, -0.2) is 0 Å². The van der Waals surface area contributed by atoms with Crippen molar-refractivity contribution >= 4 is 17.4 Å². The van der Waals surface area contributed by atoms with E-state index < -0.39 is 22.5 Å². The molecular formula is C21H24N2O4. The molecule has 0 radical (unpaired) electrons. The molecular weight excluding hydrogens is 344 g/mol. The van der Waals surface area contributed by atoms with Gasteiger partial charge in [-0.15, -0.1) is 0 Å². The van der Waals surface area contributed by atoms with Crippen LogP contribution in [0, 0.1) is 11.3 Å². The second-order valence-electron chi connectivity index (χ2n) is 8.12. The monoisotopic (exact) mass is 368 g/mol. The molecule has 4 aliphatic heterocycles. The van der Waals surface area contributed by atoms with Gasteiger partial charge in [0.25, 0.3) is 0 Å². The molecule has 0 amide bonds. The smallest absolute Gasteiger partial charge is 0.315 e. The predicted octanol–water partition coefficient (Wildman–Crippen LogP) is 1.45. The van der Waals surface area contributed by atoms with Crippen molar-refractivity contribution in [2.75, 3.05) is 32.1 Å². The number of allylic oxidation sites excluding steroid dienone is 1. The van der Waals surface area contributed by atoms with Crippen LogP contribution in [-0.2, 0) is 19.7 Å². The highest BCUT2D eigenvalue weighted by atomic mass is 16.5. The Morgan fingerprint density at radius 3 is 2.93 bits per heavy atom. The second kappa shape index (κ2) is 5.20. The molecule has 142 valence electrons. The number of Topliss-reactive ketones (excluding diaryl/α,β-unsaturated/α-hetero) is 1. The number of fused-ring (bicyclic) bond motifs is 3. The molecule has 4 bridgehead atoms. The van der Waals surface area contributed by atoms with Crippen molar-refractivity contribution in [1.29, 1.82) is 0 Å². The zero-order chi connectivity index (χ0) is 19.0. The summed E-state index contributed by atoms with van der Waals surface area (Å²) in [6.45, 7) is 2.91. The first-order valence-corrected chi connectivity index (χ1v) is 9.54. The van der Waals surface area contributed by atoms with E-state index in [0.717, 1.165) is 16.8 Å². The quantitative estimate of drug-likeness (QED) is 0.608. The van der Waals surface area contributed by atoms with Crippen molar-refractivity contribution in [3.8, 4) is 0 Å². The average Bonchev–Trinajstić information content (AvgIpc) is 3.11. The standard InChI is InChI=1S/C21H24N2O4/c1-3-13-11-23-9-8-20-14-6-4-5-7-16(14)22-21(20,23)17(25)10-15(13)19(20,12-24)18(26)27-2/h3-7,15,22,24H,8-12H2,1-2H3/b13-3-/t15-,19-,20-,21?/m0/s1. The predicted molar refractivity (Wildman–Crippen MR) is 99.1 cm³/mol. The number of rotatable bonds is 2. The molecule has 3 saturated heterocycles. The van der Waals surface area contributed by atoms with Gasteiger partial charge >= 0.3 is 5.97 Å². The first kappa shape index (κ1) is 17.0. The summed E-state index contributed by atoms with van der Waals surface area (Å²) in [7, 11) is 1.37. The van der Waals surface area contributed by atoms with Crippen LogP contribution in [0.15, 0.2) is 35.9 Å². The zero-order valence-corrected chi connectivity index (χ0v) is 15.6. The van der Waals surface area contributed by atoms with Crippen LogP contribution in [0.3, 0.4) is 0 Å². The number of aliphatic hydroxyl groups is 1. The number of carbonyl (C=O) groups is 2. The van der Waals surface area contributed by atoms with E-state index in [1.807, 2.05) is 37.3 Å². The number of ether oxygens (including phenoxy) is 1. The highest BCUT2D eigenvalue weighted by Gasteiger charge is 2.83. The lowest BCUT2D eigenvalue weighted by atomic mass is 9.45. The number of ketones is 1. The minimum absolute atomic E-state index is 0.103. The van der Waals surface area contributed by atoms with Crippen LogP contribution >= 0.6 is 0 Å². The van der Waals surface area contributed by atoms with Crippen molar-refractivity contribution in [2.45, 2.75) is 30.8 Å². The number of para-hydroxylation sites is 1. The van der Waals surface area contributed by atoms with Gasteiger partial charge in [0.2, 0.25) is 0 Å². The fraction of sp³-hybridized carbons (Fsp3) is 0.524. The summed E-state index contributed by atoms with van der Waals surface area (Å²) in [6, 6.07) is 7.83. The van der Waals surface area contributed by atoms with Crippen LogP contribution in [0.5, 0.6) is 0 Å². The third-order valence-electron chi connectivity index (χ3n) is 7.69. The van der Waals surface area contributed by atoms with Gasteiger partial charge in [0, 0.05) is 31.1 Å². The van der Waals surface area contributed by atoms with Crippen LogP contribution < -0.4 is 5.32 Å². The normalized spacial score (nSPS) is 42.5. The average molecular weight is 368 g/mol. The summed E-state index contributed by atoms with van der Waals surface area (Å²) < 4.78 is 5.30. The van der Waals surface area contributed by atoms with Crippen molar-refractivity contribution in [1.82, 2.24) is 4.90 Å². The van der Waals surface area contributed by atoms with Crippen molar-refractivity contribution in [3.05, 3.63) is 41.5 Å². The largest absolute Gasteiger partial charge is 0.468 e. The SMILES string of the molecule is C/C=C1/CN2CC[C@@]34c5ccccc5NC23C(=O)C[C@@H]1[C@@]4(CO)C(=O)OC. The Labute approximate surface area is 158 Å². The number of esters is 1. The lowest BCUT2D eigenvalue weighted by Gasteiger charge is -2.56. The fourth-order valence-electron chi connectivity index (χ4n) is 6.75. The van der Waals surface area contributed by atoms with Crippen molar-refractivity contribution < 1.29 is 19.4 Å². The molecule has 1 aromatic carbocycles. The topological polar surface area (TPSA) is 78.9 Å². The molecule has 4 fully saturated rings. The van der Waals surface area contributed by atoms with E-state index in [0.29, 0.717) is 19.5 Å². The van der Waals surface area contributed by atoms with Crippen molar-refractivity contribution in [2.24, 2.45) is 11.3 Å². The number of anilines is 1. The van der Waals surface area contributed by atoms with E-state index in [2.05, 4.69) is 10.2 Å². The van der Waals surface area contributed by atoms with Gasteiger partial charge in [0.05, 0.1) is 19.1 Å². The Balaban J connectivity index is 1.94. The number of carbonyl (C=O) groups excluding carboxylic acids is 2. The van der Waals surface area contributed by atoms with Gasteiger partial charge in [0.1, 0.15) is 5.41 Å². The first-order chi connectivity index (χ1) is 13.0. The number of nitrogens with one attached hydrogen (secondary N) is 1. The maximum Gasteiger partial charge on any atom is 0.315 e. The minimum Gasteiger partial charge on any atom is -0.468 e. The molecule has 2 N–H and O–H groups in total. The summed E-state index contributed by atoms with van der Waals surface area (Å²) >= 11 is 0. The Morgan fingerprint density at radius 2 is 2.22 bits per heavy atom. The molecule has 0 aromatic heterocycles. The van der Waals surface area contributed by atoms with Gasteiger partial charge < -0.3 is 15.2 Å². The van der Waals surface area contributed by atoms with Gasteiger partial charge in [-0.1, -0.05) is 29.8 Å². The van der Waals surface area contributed by atoms with E-state index >= 15 is 0 Å². The lowest BCUT2D eigenvalue weighted by Crippen LogP contribution is -2.73. The molecule has 27 heavy (non-hydrogen) atoms. The maximum atomic E-state index is 13.6. The Hall–Kier alpha value is -2.18. The van der Waals surface area contributed by atoms with Crippen LogP contribution in [-0.4, -0.2) is 54.2 Å². The molecule has 6 heteroatoms. The number of methoxy groups -OCH3 is 1. The van der Waals surface area contributed by atoms with Crippen molar-refractivity contribution in [3.63, 3.8) is 0 Å². The lowest BCUT2D eigenvalue weighted by molar-refractivity contribution is -0.176. The molecule has 2 unspecified atom stereocenters. The highest BCUT2D eigenvalue weighted by Crippen LogP contribution is 2.71. The molecule has 1 aliphatic carbocycles. The summed E-state index contributed by atoms with van der Waals surface area (Å²) in [6.07, 6.45) is 2.86. The Bertz CT molecular complexity index is 896. The molecule has 6 rings (SSSR count). The molecule has 1 aromatic rings. The Morgan fingerprint density at radius 1 is 1.44 bits per heavy atom. The summed E-state index contributed by atoms with van der Waals surface area (Å²) in [5.41, 5.74) is -0.183. The summed E-state index contributed by atoms with van der Waals surface area (Å²) in [5.74, 6) is -0.682. The van der Waals surface area contributed by atoms with E-state index in [4.69, 9.17) is 4.74 Å². The molecule has 4 heterocycles. The number of benzene rings is 1. The van der Waals surface area contributed by atoms with Gasteiger partial charge in [-0.05, 0) is 25.0 Å². The maximum absolute atomic E-state index is 13.6. The van der Waals surface area contributed by atoms with Crippen LogP contribution in [0.2, 0.25) is 0 Å². The number of nitrogens with zero attached hydrogens (tertiary/aromatic N) is 1. The van der Waals surface area contributed by atoms with Gasteiger partial charge in [-0.3, -0.25) is 14.5 Å². The first-order valence-electron chi connectivity index (χ1n) is 9.54. The van der Waals surface area contributed by atoms with E-state index in [1.165, 1.54) is 7.11 Å². The number of hydrogen-bond donors (Lipinski definition) is 2. The minimum atomic E-state index is -1.19. The molecule has 5 aliphatic rings. The second-order valence-corrected chi connectivity index (χ2v) is 8.12. The van der Waals surface area contributed by atoms with E-state index in [-0.39, 0.29) is 24.7 Å². The molecule has 5 atom stereocenters. The molecule has 1 saturated carbocycles. The van der Waals surface area contributed by atoms with Crippen LogP contribution in [0.1, 0.15) is 25.3 Å². The van der Waals surface area contributed by atoms with Crippen LogP contribution in [0.4, 0.5) is 5.69 Å². The summed E-state index contributed by atoms with van der Waals surface area (Å²) in [4.78, 5) is 29.2. The van der Waals surface area contributed by atoms with E-state index in [9.17, 15) is 14.7 Å². The third kappa shape index (κ3) is 1.50. The van der Waals surface area contributed by atoms with Crippen LogP contribution in [0.25, 0.3) is 0 Å². The Kier molecular flexibility index (Phi) is 3.27. The molecule has 6 nitrogen and oxygen atoms in total. The number of hydrogen-bond acceptors (Lipinski definition) is 6. The highest BCUT2D eigenvalue weighted by molar-refractivity contribution is 6.02. The summed E-state index contributed by atoms with van der Waals surface area (Å²) in [5, 5.41) is 14.3. The number of aliphatic hydroxyl groups excluding tert-OH is 1. The third-order valence-corrected chi connectivity index (χ3v) is 7.69. The fourth-order valence-corrected chi connectivity index (χ4v) is 6.75. The molecule has 1 spiro atoms. The van der Waals surface area contributed by atoms with Gasteiger partial charge in [0.15, 0.2) is 11.4 Å². The zero-order valence-electron chi connectivity index (χ0n) is 15.6. The van der Waals surface area contributed by atoms with E-state index in [1.54, 1.807) is 0 Å². The van der Waals surface area contributed by atoms with Gasteiger partial charge in [-0.2, -0.15) is 0 Å².